The highest BCUT2D eigenvalue weighted by Crippen LogP contribution is 2.26. The average Bonchev–Trinajstić information content (AvgIpc) is 2.48. The van der Waals surface area contributed by atoms with E-state index in [1.165, 1.54) is 12.1 Å². The minimum atomic E-state index is -0.674. The van der Waals surface area contributed by atoms with Gasteiger partial charge in [0.2, 0.25) is 0 Å². The standard InChI is InChI=1S/C14H10ClNO4S/c1-21-11-5-3-10(4-6-11)20-14(17)9-2-7-12(15)13(8-9)16(18)19/h2-8H,1H3. The molecule has 0 aliphatic rings. The second-order valence-corrected chi connectivity index (χ2v) is 5.28. The monoisotopic (exact) mass is 323 g/mol. The summed E-state index contributed by atoms with van der Waals surface area (Å²) < 4.78 is 5.16. The van der Waals surface area contributed by atoms with Gasteiger partial charge < -0.3 is 4.74 Å². The Kier molecular flexibility index (Phi) is 4.82. The number of ether oxygens (including phenoxy) is 1. The van der Waals surface area contributed by atoms with Gasteiger partial charge in [-0.2, -0.15) is 0 Å². The first-order valence-electron chi connectivity index (χ1n) is 5.81. The van der Waals surface area contributed by atoms with Crippen molar-refractivity contribution in [1.29, 1.82) is 0 Å². The number of nitro benzene ring substituents is 1. The SMILES string of the molecule is CSc1ccc(OC(=O)c2ccc(Cl)c([N+](=O)[O-])c2)cc1. The number of esters is 1. The molecule has 0 atom stereocenters. The fourth-order valence-corrected chi connectivity index (χ4v) is 2.18. The lowest BCUT2D eigenvalue weighted by molar-refractivity contribution is -0.384. The van der Waals surface area contributed by atoms with Crippen LogP contribution in [-0.2, 0) is 0 Å². The van der Waals surface area contributed by atoms with E-state index in [9.17, 15) is 14.9 Å². The van der Waals surface area contributed by atoms with Crippen molar-refractivity contribution in [3.63, 3.8) is 0 Å². The molecule has 2 aromatic carbocycles. The fraction of sp³-hybridized carbons (Fsp3) is 0.0714. The van der Waals surface area contributed by atoms with Crippen LogP contribution in [0.5, 0.6) is 5.75 Å². The predicted molar refractivity (Wildman–Crippen MR) is 81.3 cm³/mol. The zero-order valence-electron chi connectivity index (χ0n) is 10.9. The molecule has 7 heteroatoms. The van der Waals surface area contributed by atoms with Crippen LogP contribution in [0.1, 0.15) is 10.4 Å². The van der Waals surface area contributed by atoms with E-state index in [4.69, 9.17) is 16.3 Å². The molecule has 0 unspecified atom stereocenters. The van der Waals surface area contributed by atoms with Crippen molar-refractivity contribution < 1.29 is 14.5 Å². The molecule has 0 spiro atoms. The molecule has 0 saturated heterocycles. The maximum absolute atomic E-state index is 12.0. The van der Waals surface area contributed by atoms with Crippen molar-refractivity contribution in [1.82, 2.24) is 0 Å². The highest BCUT2D eigenvalue weighted by Gasteiger charge is 2.17. The van der Waals surface area contributed by atoms with Crippen LogP contribution in [0.4, 0.5) is 5.69 Å². The maximum atomic E-state index is 12.0. The van der Waals surface area contributed by atoms with Crippen molar-refractivity contribution in [2.75, 3.05) is 6.26 Å². The summed E-state index contributed by atoms with van der Waals surface area (Å²) in [4.78, 5) is 23.1. The summed E-state index contributed by atoms with van der Waals surface area (Å²) in [5, 5.41) is 10.8. The Balaban J connectivity index is 2.19. The molecule has 0 aromatic heterocycles. The number of hydrogen-bond donors (Lipinski definition) is 0. The van der Waals surface area contributed by atoms with Gasteiger partial charge in [0.25, 0.3) is 5.69 Å². The highest BCUT2D eigenvalue weighted by molar-refractivity contribution is 7.98. The van der Waals surface area contributed by atoms with Crippen LogP contribution in [0.3, 0.4) is 0 Å². The predicted octanol–water partition coefficient (Wildman–Crippen LogP) is 4.19. The first-order chi connectivity index (χ1) is 10.0. The number of carbonyl (C=O) groups excluding carboxylic acids is 1. The molecule has 0 amide bonds. The summed E-state index contributed by atoms with van der Waals surface area (Å²) in [6, 6.07) is 10.7. The first-order valence-corrected chi connectivity index (χ1v) is 7.41. The van der Waals surface area contributed by atoms with E-state index in [2.05, 4.69) is 0 Å². The van der Waals surface area contributed by atoms with E-state index in [1.807, 2.05) is 18.4 Å². The number of nitro groups is 1. The number of thioether (sulfide) groups is 1. The lowest BCUT2D eigenvalue weighted by Gasteiger charge is -2.05. The zero-order valence-corrected chi connectivity index (χ0v) is 12.5. The van der Waals surface area contributed by atoms with Crippen molar-refractivity contribution in [2.45, 2.75) is 4.90 Å². The molecule has 0 radical (unpaired) electrons. The van der Waals surface area contributed by atoms with Crippen LogP contribution in [0.25, 0.3) is 0 Å². The van der Waals surface area contributed by atoms with Crippen molar-refractivity contribution >= 4 is 35.0 Å². The lowest BCUT2D eigenvalue weighted by atomic mass is 10.2. The summed E-state index contributed by atoms with van der Waals surface area (Å²) in [6.45, 7) is 0. The molecule has 5 nitrogen and oxygen atoms in total. The third-order valence-corrected chi connectivity index (χ3v) is 3.71. The molecule has 0 saturated carbocycles. The van der Waals surface area contributed by atoms with Gasteiger partial charge in [-0.3, -0.25) is 10.1 Å². The summed E-state index contributed by atoms with van der Waals surface area (Å²) in [5.74, 6) is -0.304. The molecular weight excluding hydrogens is 314 g/mol. The molecule has 0 heterocycles. The Morgan fingerprint density at radius 3 is 2.48 bits per heavy atom. The molecule has 2 aromatic rings. The third kappa shape index (κ3) is 3.74. The summed E-state index contributed by atoms with van der Waals surface area (Å²) in [6.07, 6.45) is 1.94. The number of nitrogens with zero attached hydrogens (tertiary/aromatic N) is 1. The molecule has 108 valence electrons. The van der Waals surface area contributed by atoms with Gasteiger partial charge in [-0.25, -0.2) is 4.79 Å². The molecule has 0 aliphatic heterocycles. The van der Waals surface area contributed by atoms with Crippen molar-refractivity contribution in [2.24, 2.45) is 0 Å². The zero-order chi connectivity index (χ0) is 15.4. The smallest absolute Gasteiger partial charge is 0.343 e. The first kappa shape index (κ1) is 15.3. The van der Waals surface area contributed by atoms with Crippen LogP contribution in [-0.4, -0.2) is 17.1 Å². The molecule has 0 bridgehead atoms. The summed E-state index contributed by atoms with van der Waals surface area (Å²) in [7, 11) is 0. The molecule has 0 fully saturated rings. The van der Waals surface area contributed by atoms with Crippen LogP contribution < -0.4 is 4.74 Å². The third-order valence-electron chi connectivity index (χ3n) is 2.65. The molecule has 0 N–H and O–H groups in total. The summed E-state index contributed by atoms with van der Waals surface area (Å²) in [5.41, 5.74) is -0.260. The molecule has 0 aliphatic carbocycles. The van der Waals surface area contributed by atoms with Crippen LogP contribution in [0.2, 0.25) is 5.02 Å². The molecular formula is C14H10ClNO4S. The van der Waals surface area contributed by atoms with E-state index < -0.39 is 10.9 Å². The lowest BCUT2D eigenvalue weighted by Crippen LogP contribution is -2.08. The van der Waals surface area contributed by atoms with Gasteiger partial charge in [0.15, 0.2) is 0 Å². The second-order valence-electron chi connectivity index (χ2n) is 3.99. The highest BCUT2D eigenvalue weighted by atomic mass is 35.5. The fourth-order valence-electron chi connectivity index (χ4n) is 1.59. The Labute approximate surface area is 130 Å². The van der Waals surface area contributed by atoms with Gasteiger partial charge in [0.05, 0.1) is 10.5 Å². The van der Waals surface area contributed by atoms with E-state index >= 15 is 0 Å². The Morgan fingerprint density at radius 2 is 1.90 bits per heavy atom. The minimum Gasteiger partial charge on any atom is -0.423 e. The van der Waals surface area contributed by atoms with E-state index in [0.29, 0.717) is 5.75 Å². The second kappa shape index (κ2) is 6.60. The Hall–Kier alpha value is -2.05. The van der Waals surface area contributed by atoms with E-state index in [0.717, 1.165) is 11.0 Å². The van der Waals surface area contributed by atoms with Crippen LogP contribution >= 0.6 is 23.4 Å². The van der Waals surface area contributed by atoms with Gasteiger partial charge in [-0.1, -0.05) is 11.6 Å². The maximum Gasteiger partial charge on any atom is 0.343 e. The van der Waals surface area contributed by atoms with Gasteiger partial charge >= 0.3 is 5.97 Å². The van der Waals surface area contributed by atoms with Crippen molar-refractivity contribution in [3.05, 3.63) is 63.2 Å². The number of benzene rings is 2. The van der Waals surface area contributed by atoms with Crippen LogP contribution in [0, 0.1) is 10.1 Å². The Morgan fingerprint density at radius 1 is 1.24 bits per heavy atom. The average molecular weight is 324 g/mol. The minimum absolute atomic E-state index is 0.0270. The number of halogens is 1. The van der Waals surface area contributed by atoms with Gasteiger partial charge in [0, 0.05) is 11.0 Å². The molecule has 2 rings (SSSR count). The van der Waals surface area contributed by atoms with Gasteiger partial charge in [-0.05, 0) is 42.7 Å². The van der Waals surface area contributed by atoms with Crippen LogP contribution in [0.15, 0.2) is 47.4 Å². The Bertz CT molecular complexity index is 688. The van der Waals surface area contributed by atoms with Crippen molar-refractivity contribution in [3.8, 4) is 5.75 Å². The normalized spacial score (nSPS) is 10.2. The quantitative estimate of drug-likeness (QED) is 0.277. The van der Waals surface area contributed by atoms with Gasteiger partial charge in [0.1, 0.15) is 10.8 Å². The number of rotatable bonds is 4. The van der Waals surface area contributed by atoms with E-state index in [-0.39, 0.29) is 16.3 Å². The largest absolute Gasteiger partial charge is 0.423 e. The van der Waals surface area contributed by atoms with Gasteiger partial charge in [-0.15, -0.1) is 11.8 Å². The summed E-state index contributed by atoms with van der Waals surface area (Å²) >= 11 is 7.26. The number of carbonyl (C=O) groups is 1. The molecule has 21 heavy (non-hydrogen) atoms. The van der Waals surface area contributed by atoms with E-state index in [1.54, 1.807) is 23.9 Å². The topological polar surface area (TPSA) is 69.4 Å². The number of hydrogen-bond acceptors (Lipinski definition) is 5.